The van der Waals surface area contributed by atoms with E-state index in [-0.39, 0.29) is 11.8 Å². The van der Waals surface area contributed by atoms with Crippen LogP contribution in [-0.2, 0) is 4.74 Å². The number of nitrogens with zero attached hydrogens (tertiary/aromatic N) is 5. The Bertz CT molecular complexity index is 1530. The van der Waals surface area contributed by atoms with Crippen LogP contribution in [-0.4, -0.2) is 88.5 Å². The SMILES string of the molecule is COCCOc1nc(C(=O)N2C[C@@H]3[C@H]4CN(C(=O)c5ccc6n[nH]nc6c5)C[C@H]4[C@@H]3C2)cc2ccccc12. The van der Waals surface area contributed by atoms with Gasteiger partial charge in [-0.3, -0.25) is 9.59 Å². The highest BCUT2D eigenvalue weighted by Gasteiger charge is 2.59. The summed E-state index contributed by atoms with van der Waals surface area (Å²) in [6, 6.07) is 15.1. The quantitative estimate of drug-likeness (QED) is 0.395. The number of aromatic amines is 1. The third-order valence-electron chi connectivity index (χ3n) is 8.51. The van der Waals surface area contributed by atoms with Gasteiger partial charge >= 0.3 is 0 Å². The lowest BCUT2D eigenvalue weighted by atomic mass is 9.60. The highest BCUT2D eigenvalue weighted by Crippen LogP contribution is 2.54. The molecule has 2 aromatic carbocycles. The lowest BCUT2D eigenvalue weighted by Crippen LogP contribution is -2.44. The highest BCUT2D eigenvalue weighted by atomic mass is 16.5. The molecular formula is C28H28N6O4. The minimum Gasteiger partial charge on any atom is -0.475 e. The molecule has 0 bridgehead atoms. The van der Waals surface area contributed by atoms with E-state index in [9.17, 15) is 9.59 Å². The maximum atomic E-state index is 13.6. The first-order valence-electron chi connectivity index (χ1n) is 13.0. The molecule has 1 aliphatic carbocycles. The van der Waals surface area contributed by atoms with Crippen LogP contribution in [0.4, 0.5) is 0 Å². The minimum absolute atomic E-state index is 0.0386. The average Bonchev–Trinajstić information content (AvgIpc) is 3.66. The van der Waals surface area contributed by atoms with Crippen LogP contribution in [0, 0.1) is 23.7 Å². The second kappa shape index (κ2) is 9.05. The molecule has 10 nitrogen and oxygen atoms in total. The first-order chi connectivity index (χ1) is 18.6. The second-order valence-electron chi connectivity index (χ2n) is 10.5. The van der Waals surface area contributed by atoms with Crippen molar-refractivity contribution in [1.29, 1.82) is 0 Å². The van der Waals surface area contributed by atoms with E-state index in [1.54, 1.807) is 13.2 Å². The summed E-state index contributed by atoms with van der Waals surface area (Å²) in [6.45, 7) is 3.67. The molecule has 4 atom stereocenters. The van der Waals surface area contributed by atoms with Gasteiger partial charge in [0.05, 0.1) is 6.61 Å². The van der Waals surface area contributed by atoms with E-state index < -0.39 is 0 Å². The van der Waals surface area contributed by atoms with Gasteiger partial charge in [-0.05, 0) is 59.4 Å². The van der Waals surface area contributed by atoms with Gasteiger partial charge in [-0.1, -0.05) is 18.2 Å². The van der Waals surface area contributed by atoms with Crippen molar-refractivity contribution < 1.29 is 19.1 Å². The van der Waals surface area contributed by atoms with E-state index in [2.05, 4.69) is 20.4 Å². The molecule has 4 aromatic rings. The first kappa shape index (κ1) is 23.1. The Morgan fingerprint density at radius 1 is 0.868 bits per heavy atom. The van der Waals surface area contributed by atoms with Gasteiger partial charge < -0.3 is 19.3 Å². The Morgan fingerprint density at radius 2 is 1.55 bits per heavy atom. The van der Waals surface area contributed by atoms with Gasteiger partial charge in [0.2, 0.25) is 5.88 Å². The standard InChI is InChI=1S/C28H28N6O4/c1-37-8-9-38-26-18-5-3-2-4-16(18)10-25(29-26)28(36)34-14-21-19-12-33(13-20(19)22(21)15-34)27(35)17-6-7-23-24(11-17)31-32-30-23/h2-7,10-11,19-22H,8-9,12-15H2,1H3,(H,30,31,32)/t19-,20+,21+,22-. The molecule has 3 fully saturated rings. The van der Waals surface area contributed by atoms with Gasteiger partial charge in [0, 0.05) is 44.2 Å². The van der Waals surface area contributed by atoms with E-state index in [1.165, 1.54) is 0 Å². The topological polar surface area (TPSA) is 114 Å². The number of hydrogen-bond acceptors (Lipinski definition) is 7. The normalized spacial score (nSPS) is 23.9. The van der Waals surface area contributed by atoms with Crippen molar-refractivity contribution in [3.8, 4) is 5.88 Å². The fourth-order valence-corrected chi connectivity index (χ4v) is 6.63. The summed E-state index contributed by atoms with van der Waals surface area (Å²) in [5.74, 6) is 2.12. The molecule has 7 rings (SSSR count). The Hall–Kier alpha value is -4.05. The Morgan fingerprint density at radius 3 is 2.29 bits per heavy atom. The molecule has 38 heavy (non-hydrogen) atoms. The molecule has 194 valence electrons. The second-order valence-corrected chi connectivity index (χ2v) is 10.5. The summed E-state index contributed by atoms with van der Waals surface area (Å²) in [4.78, 5) is 35.3. The zero-order valence-corrected chi connectivity index (χ0v) is 21.0. The Labute approximate surface area is 218 Å². The number of likely N-dealkylation sites (tertiary alicyclic amines) is 2. The van der Waals surface area contributed by atoms with Gasteiger partial charge in [0.25, 0.3) is 11.8 Å². The Balaban J connectivity index is 1.04. The summed E-state index contributed by atoms with van der Waals surface area (Å²) in [6.07, 6.45) is 0. The van der Waals surface area contributed by atoms with Gasteiger partial charge in [-0.2, -0.15) is 15.4 Å². The zero-order valence-electron chi connectivity index (χ0n) is 21.0. The number of H-pyrrole nitrogens is 1. The third kappa shape index (κ3) is 3.70. The number of nitrogens with one attached hydrogen (secondary N) is 1. The fraction of sp³-hybridized carbons (Fsp3) is 0.393. The van der Waals surface area contributed by atoms with Crippen LogP contribution in [0.25, 0.3) is 21.8 Å². The number of benzene rings is 2. The predicted molar refractivity (Wildman–Crippen MR) is 139 cm³/mol. The monoisotopic (exact) mass is 512 g/mol. The summed E-state index contributed by atoms with van der Waals surface area (Å²) in [5.41, 5.74) is 2.48. The smallest absolute Gasteiger partial charge is 0.272 e. The van der Waals surface area contributed by atoms with E-state index in [4.69, 9.17) is 9.47 Å². The number of methoxy groups -OCH3 is 1. The predicted octanol–water partition coefficient (Wildman–Crippen LogP) is 2.62. The van der Waals surface area contributed by atoms with Crippen LogP contribution in [0.5, 0.6) is 5.88 Å². The van der Waals surface area contributed by atoms with Crippen molar-refractivity contribution in [2.75, 3.05) is 46.5 Å². The molecule has 2 aliphatic heterocycles. The molecular weight excluding hydrogens is 484 g/mol. The lowest BCUT2D eigenvalue weighted by molar-refractivity contribution is 0.0629. The molecule has 3 aliphatic rings. The van der Waals surface area contributed by atoms with Crippen molar-refractivity contribution in [1.82, 2.24) is 30.2 Å². The molecule has 0 unspecified atom stereocenters. The molecule has 0 spiro atoms. The van der Waals surface area contributed by atoms with Crippen LogP contribution in [0.2, 0.25) is 0 Å². The molecule has 2 saturated heterocycles. The van der Waals surface area contributed by atoms with Gasteiger partial charge in [0.1, 0.15) is 23.3 Å². The average molecular weight is 513 g/mol. The minimum atomic E-state index is -0.0614. The van der Waals surface area contributed by atoms with E-state index in [0.29, 0.717) is 72.6 Å². The fourth-order valence-electron chi connectivity index (χ4n) is 6.63. The molecule has 1 N–H and O–H groups in total. The van der Waals surface area contributed by atoms with Crippen molar-refractivity contribution in [2.24, 2.45) is 23.7 Å². The number of amides is 2. The summed E-state index contributed by atoms with van der Waals surface area (Å²) in [5, 5.41) is 12.6. The van der Waals surface area contributed by atoms with Gasteiger partial charge in [-0.15, -0.1) is 0 Å². The molecule has 2 amide bonds. The summed E-state index contributed by atoms with van der Waals surface area (Å²) < 4.78 is 11.0. The van der Waals surface area contributed by atoms with Crippen LogP contribution in [0.1, 0.15) is 20.8 Å². The molecule has 0 radical (unpaired) electrons. The van der Waals surface area contributed by atoms with Crippen LogP contribution in [0.3, 0.4) is 0 Å². The lowest BCUT2D eigenvalue weighted by Gasteiger charge is -2.42. The molecule has 4 heterocycles. The summed E-state index contributed by atoms with van der Waals surface area (Å²) in [7, 11) is 1.62. The number of ether oxygens (including phenoxy) is 2. The van der Waals surface area contributed by atoms with Crippen molar-refractivity contribution in [2.45, 2.75) is 0 Å². The Kier molecular flexibility index (Phi) is 5.50. The van der Waals surface area contributed by atoms with Gasteiger partial charge in [-0.25, -0.2) is 4.98 Å². The maximum Gasteiger partial charge on any atom is 0.272 e. The number of aromatic nitrogens is 4. The van der Waals surface area contributed by atoms with Crippen LogP contribution in [0.15, 0.2) is 48.5 Å². The molecule has 10 heteroatoms. The van der Waals surface area contributed by atoms with Gasteiger partial charge in [0.15, 0.2) is 0 Å². The third-order valence-corrected chi connectivity index (χ3v) is 8.51. The number of carbonyl (C=O) groups excluding carboxylic acids is 2. The van der Waals surface area contributed by atoms with Crippen molar-refractivity contribution in [3.63, 3.8) is 0 Å². The maximum absolute atomic E-state index is 13.6. The number of rotatable bonds is 6. The molecule has 1 saturated carbocycles. The number of pyridine rings is 1. The van der Waals surface area contributed by atoms with Crippen molar-refractivity contribution in [3.05, 3.63) is 59.8 Å². The summed E-state index contributed by atoms with van der Waals surface area (Å²) >= 11 is 0. The first-order valence-corrected chi connectivity index (χ1v) is 13.0. The van der Waals surface area contributed by atoms with Crippen LogP contribution < -0.4 is 4.74 Å². The largest absolute Gasteiger partial charge is 0.475 e. The van der Waals surface area contributed by atoms with E-state index in [1.807, 2.05) is 52.3 Å². The van der Waals surface area contributed by atoms with Crippen LogP contribution >= 0.6 is 0 Å². The highest BCUT2D eigenvalue weighted by molar-refractivity contribution is 5.99. The zero-order chi connectivity index (χ0) is 25.8. The number of carbonyl (C=O) groups is 2. The van der Waals surface area contributed by atoms with E-state index >= 15 is 0 Å². The number of hydrogen-bond donors (Lipinski definition) is 1. The van der Waals surface area contributed by atoms with Crippen molar-refractivity contribution >= 4 is 33.6 Å². The number of fused-ring (bicyclic) bond motifs is 6. The van der Waals surface area contributed by atoms with E-state index in [0.717, 1.165) is 29.4 Å². The molecule has 2 aromatic heterocycles.